The molecule has 0 saturated heterocycles. The normalized spacial score (nSPS) is 12.9. The number of fused-ring (bicyclic) bond motifs is 2. The van der Waals surface area contributed by atoms with E-state index in [2.05, 4.69) is 33.0 Å². The minimum absolute atomic E-state index is 0.449. The molecule has 23 heavy (non-hydrogen) atoms. The lowest BCUT2D eigenvalue weighted by Gasteiger charge is -2.22. The third kappa shape index (κ3) is 2.32. The van der Waals surface area contributed by atoms with E-state index in [1.807, 2.05) is 30.6 Å². The Morgan fingerprint density at radius 3 is 2.65 bits per heavy atom. The van der Waals surface area contributed by atoms with Crippen molar-refractivity contribution in [2.75, 3.05) is 13.2 Å². The van der Waals surface area contributed by atoms with Gasteiger partial charge in [0, 0.05) is 33.4 Å². The lowest BCUT2D eigenvalue weighted by atomic mass is 9.98. The van der Waals surface area contributed by atoms with Crippen molar-refractivity contribution in [3.8, 4) is 28.7 Å². The van der Waals surface area contributed by atoms with Gasteiger partial charge in [0.05, 0.1) is 5.56 Å². The number of rotatable bonds is 1. The molecule has 0 spiro atoms. The van der Waals surface area contributed by atoms with Crippen LogP contribution in [0.5, 0.6) is 11.5 Å². The number of ether oxygens (including phenoxy) is 2. The van der Waals surface area contributed by atoms with Crippen LogP contribution in [0.3, 0.4) is 0 Å². The molecule has 0 aliphatic carbocycles. The Kier molecular flexibility index (Phi) is 3.40. The highest BCUT2D eigenvalue weighted by molar-refractivity contribution is 9.10. The summed E-state index contributed by atoms with van der Waals surface area (Å²) in [6.07, 6.45) is 3.65. The largest absolute Gasteiger partial charge is 0.485 e. The Hall–Kier alpha value is -2.58. The summed E-state index contributed by atoms with van der Waals surface area (Å²) >= 11 is 3.52. The molecule has 0 fully saturated rings. The molecule has 0 N–H and O–H groups in total. The zero-order valence-corrected chi connectivity index (χ0v) is 13.6. The molecule has 1 aliphatic rings. The van der Waals surface area contributed by atoms with Gasteiger partial charge in [0.2, 0.25) is 0 Å². The van der Waals surface area contributed by atoms with E-state index in [0.717, 1.165) is 26.4 Å². The Morgan fingerprint density at radius 1 is 1.00 bits per heavy atom. The van der Waals surface area contributed by atoms with Gasteiger partial charge in [-0.25, -0.2) is 0 Å². The number of aromatic nitrogens is 1. The zero-order chi connectivity index (χ0) is 15.8. The van der Waals surface area contributed by atoms with E-state index in [1.54, 1.807) is 6.07 Å². The number of nitrogens with zero attached hydrogens (tertiary/aromatic N) is 2. The molecule has 0 radical (unpaired) electrons. The quantitative estimate of drug-likeness (QED) is 0.643. The van der Waals surface area contributed by atoms with Crippen molar-refractivity contribution < 1.29 is 9.47 Å². The average Bonchev–Trinajstić information content (AvgIpc) is 2.60. The van der Waals surface area contributed by atoms with E-state index in [-0.39, 0.29) is 0 Å². The van der Waals surface area contributed by atoms with Crippen LogP contribution >= 0.6 is 15.9 Å². The molecule has 1 aliphatic heterocycles. The van der Waals surface area contributed by atoms with Crippen LogP contribution < -0.4 is 9.47 Å². The maximum Gasteiger partial charge on any atom is 0.179 e. The van der Waals surface area contributed by atoms with Crippen molar-refractivity contribution in [3.05, 3.63) is 52.8 Å². The Balaban J connectivity index is 2.02. The smallest absolute Gasteiger partial charge is 0.179 e. The number of hydrogen-bond donors (Lipinski definition) is 0. The number of hydrogen-bond acceptors (Lipinski definition) is 4. The molecule has 0 bridgehead atoms. The molecule has 112 valence electrons. The first-order chi connectivity index (χ1) is 11.3. The Morgan fingerprint density at radius 2 is 1.83 bits per heavy atom. The van der Waals surface area contributed by atoms with E-state index >= 15 is 0 Å². The summed E-state index contributed by atoms with van der Waals surface area (Å²) in [4.78, 5) is 4.33. The molecule has 3 aromatic rings. The summed E-state index contributed by atoms with van der Waals surface area (Å²) in [5, 5.41) is 11.4. The van der Waals surface area contributed by atoms with Crippen molar-refractivity contribution in [1.29, 1.82) is 5.26 Å². The molecule has 2 heterocycles. The standard InChI is InChI=1S/C18H11BrN2O2/c19-13-3-1-12-9-21-10-16(15(12)7-13)14-4-2-11(8-20)17-18(14)23-6-5-22-17/h1-4,7,9-10H,5-6H2. The molecule has 4 nitrogen and oxygen atoms in total. The van der Waals surface area contributed by atoms with Crippen LogP contribution in [0.2, 0.25) is 0 Å². The van der Waals surface area contributed by atoms with Crippen LogP contribution in [0.25, 0.3) is 21.9 Å². The summed E-state index contributed by atoms with van der Waals surface area (Å²) in [7, 11) is 0. The van der Waals surface area contributed by atoms with Crippen LogP contribution in [-0.2, 0) is 0 Å². The molecular formula is C18H11BrN2O2. The molecular weight excluding hydrogens is 356 g/mol. The molecule has 0 unspecified atom stereocenters. The minimum atomic E-state index is 0.449. The first-order valence-electron chi connectivity index (χ1n) is 7.14. The van der Waals surface area contributed by atoms with Gasteiger partial charge in [-0.15, -0.1) is 0 Å². The summed E-state index contributed by atoms with van der Waals surface area (Å²) in [5.41, 5.74) is 2.32. The fraction of sp³-hybridized carbons (Fsp3) is 0.111. The lowest BCUT2D eigenvalue weighted by molar-refractivity contribution is 0.172. The van der Waals surface area contributed by atoms with E-state index in [0.29, 0.717) is 30.3 Å². The summed E-state index contributed by atoms with van der Waals surface area (Å²) < 4.78 is 12.5. The molecule has 0 amide bonds. The van der Waals surface area contributed by atoms with Crippen LogP contribution in [0.4, 0.5) is 0 Å². The van der Waals surface area contributed by atoms with Gasteiger partial charge in [0.1, 0.15) is 19.3 Å². The summed E-state index contributed by atoms with van der Waals surface area (Å²) in [6, 6.07) is 11.9. The third-order valence-corrected chi connectivity index (χ3v) is 4.31. The zero-order valence-electron chi connectivity index (χ0n) is 12.0. The van der Waals surface area contributed by atoms with E-state index in [1.165, 1.54) is 0 Å². The minimum Gasteiger partial charge on any atom is -0.485 e. The van der Waals surface area contributed by atoms with Crippen molar-refractivity contribution in [1.82, 2.24) is 4.98 Å². The monoisotopic (exact) mass is 366 g/mol. The van der Waals surface area contributed by atoms with Crippen LogP contribution in [0.15, 0.2) is 47.2 Å². The predicted octanol–water partition coefficient (Wildman–Crippen LogP) is 4.31. The number of pyridine rings is 1. The van der Waals surface area contributed by atoms with Crippen molar-refractivity contribution >= 4 is 26.7 Å². The van der Waals surface area contributed by atoms with Gasteiger partial charge in [-0.2, -0.15) is 5.26 Å². The van der Waals surface area contributed by atoms with Crippen molar-refractivity contribution in [2.24, 2.45) is 0 Å². The molecule has 1 aromatic heterocycles. The SMILES string of the molecule is N#Cc1ccc(-c2cncc3ccc(Br)cc23)c2c1OCCO2. The average molecular weight is 367 g/mol. The van der Waals surface area contributed by atoms with Gasteiger partial charge in [-0.3, -0.25) is 4.98 Å². The lowest BCUT2D eigenvalue weighted by Crippen LogP contribution is -2.17. The molecule has 0 atom stereocenters. The summed E-state index contributed by atoms with van der Waals surface area (Å²) in [6.45, 7) is 0.918. The van der Waals surface area contributed by atoms with Gasteiger partial charge in [-0.1, -0.05) is 22.0 Å². The van der Waals surface area contributed by atoms with Crippen LogP contribution in [-0.4, -0.2) is 18.2 Å². The van der Waals surface area contributed by atoms with Crippen molar-refractivity contribution in [3.63, 3.8) is 0 Å². The van der Waals surface area contributed by atoms with Crippen LogP contribution in [0.1, 0.15) is 5.56 Å². The highest BCUT2D eigenvalue weighted by Crippen LogP contribution is 2.44. The Labute approximate surface area is 141 Å². The van der Waals surface area contributed by atoms with Crippen molar-refractivity contribution in [2.45, 2.75) is 0 Å². The molecule has 5 heteroatoms. The second-order valence-electron chi connectivity index (χ2n) is 5.18. The van der Waals surface area contributed by atoms with E-state index in [9.17, 15) is 5.26 Å². The van der Waals surface area contributed by atoms with Gasteiger partial charge < -0.3 is 9.47 Å². The van der Waals surface area contributed by atoms with Crippen LogP contribution in [0, 0.1) is 11.3 Å². The van der Waals surface area contributed by atoms with Gasteiger partial charge in [0.25, 0.3) is 0 Å². The number of benzene rings is 2. The van der Waals surface area contributed by atoms with Gasteiger partial charge in [0.15, 0.2) is 11.5 Å². The fourth-order valence-electron chi connectivity index (χ4n) is 2.79. The highest BCUT2D eigenvalue weighted by atomic mass is 79.9. The number of halogens is 1. The van der Waals surface area contributed by atoms with E-state index < -0.39 is 0 Å². The second kappa shape index (κ2) is 5.56. The molecule has 4 rings (SSSR count). The summed E-state index contributed by atoms with van der Waals surface area (Å²) in [5.74, 6) is 1.13. The third-order valence-electron chi connectivity index (χ3n) is 3.82. The first kappa shape index (κ1) is 14.0. The molecule has 0 saturated carbocycles. The van der Waals surface area contributed by atoms with E-state index in [4.69, 9.17) is 9.47 Å². The topological polar surface area (TPSA) is 55.1 Å². The first-order valence-corrected chi connectivity index (χ1v) is 7.93. The van der Waals surface area contributed by atoms with Gasteiger partial charge >= 0.3 is 0 Å². The molecule has 2 aromatic carbocycles. The fourth-order valence-corrected chi connectivity index (χ4v) is 3.15. The maximum atomic E-state index is 9.26. The predicted molar refractivity (Wildman–Crippen MR) is 90.6 cm³/mol. The number of nitriles is 1. The second-order valence-corrected chi connectivity index (χ2v) is 6.10. The highest BCUT2D eigenvalue weighted by Gasteiger charge is 2.22. The maximum absolute atomic E-state index is 9.26. The Bertz CT molecular complexity index is 963. The van der Waals surface area contributed by atoms with Gasteiger partial charge in [-0.05, 0) is 29.7 Å².